The quantitative estimate of drug-likeness (QED) is 0.830. The highest BCUT2D eigenvalue weighted by atomic mass is 16.3. The van der Waals surface area contributed by atoms with Gasteiger partial charge in [-0.2, -0.15) is 0 Å². The predicted octanol–water partition coefficient (Wildman–Crippen LogP) is 1.51. The Labute approximate surface area is 109 Å². The number of pyridine rings is 1. The van der Waals surface area contributed by atoms with Gasteiger partial charge in [-0.05, 0) is 44.7 Å². The molecule has 0 unspecified atom stereocenters. The summed E-state index contributed by atoms with van der Waals surface area (Å²) in [6, 6.07) is 2.60. The van der Waals surface area contributed by atoms with Gasteiger partial charge >= 0.3 is 0 Å². The normalized spacial score (nSPS) is 15.6. The van der Waals surface area contributed by atoms with Gasteiger partial charge in [-0.1, -0.05) is 0 Å². The van der Waals surface area contributed by atoms with Crippen molar-refractivity contribution in [2.24, 2.45) is 5.73 Å². The van der Waals surface area contributed by atoms with Gasteiger partial charge < -0.3 is 15.7 Å². The molecular formula is C14H23N3O. The van der Waals surface area contributed by atoms with Gasteiger partial charge in [0.25, 0.3) is 0 Å². The number of aromatic nitrogens is 1. The predicted molar refractivity (Wildman–Crippen MR) is 73.7 cm³/mol. The molecule has 1 aromatic heterocycles. The maximum absolute atomic E-state index is 9.27. The fraction of sp³-hybridized carbons (Fsp3) is 0.643. The minimum Gasteiger partial charge on any atom is -0.395 e. The molecule has 100 valence electrons. The van der Waals surface area contributed by atoms with Crippen molar-refractivity contribution in [2.75, 3.05) is 18.1 Å². The van der Waals surface area contributed by atoms with Gasteiger partial charge in [-0.3, -0.25) is 0 Å². The van der Waals surface area contributed by atoms with Crippen LogP contribution in [0.15, 0.2) is 6.07 Å². The molecule has 0 bridgehead atoms. The molecule has 1 aromatic rings. The molecule has 1 aliphatic carbocycles. The van der Waals surface area contributed by atoms with E-state index in [4.69, 9.17) is 5.73 Å². The molecule has 1 heterocycles. The average molecular weight is 249 g/mol. The number of anilines is 1. The summed E-state index contributed by atoms with van der Waals surface area (Å²) >= 11 is 0. The van der Waals surface area contributed by atoms with Crippen LogP contribution in [-0.2, 0) is 6.54 Å². The summed E-state index contributed by atoms with van der Waals surface area (Å²) in [5, 5.41) is 9.27. The summed E-state index contributed by atoms with van der Waals surface area (Å²) in [5.74, 6) is 0.980. The molecular weight excluding hydrogens is 226 g/mol. The van der Waals surface area contributed by atoms with Crippen molar-refractivity contribution in [3.8, 4) is 0 Å². The highest BCUT2D eigenvalue weighted by Gasteiger charge is 2.27. The Morgan fingerprint density at radius 1 is 1.44 bits per heavy atom. The molecule has 1 fully saturated rings. The van der Waals surface area contributed by atoms with Crippen LogP contribution in [0.4, 0.5) is 5.82 Å². The second-order valence-corrected chi connectivity index (χ2v) is 5.09. The standard InChI is InChI=1S/C14H23N3O/c1-10-8-11(2)16-14(13(10)9-15)17(6-7-18)12-4-3-5-12/h8,12,18H,3-7,9,15H2,1-2H3. The van der Waals surface area contributed by atoms with Crippen molar-refractivity contribution < 1.29 is 5.11 Å². The van der Waals surface area contributed by atoms with Gasteiger partial charge in [-0.25, -0.2) is 4.98 Å². The van der Waals surface area contributed by atoms with Crippen molar-refractivity contribution >= 4 is 5.82 Å². The third kappa shape index (κ3) is 2.49. The van der Waals surface area contributed by atoms with E-state index in [0.29, 0.717) is 19.1 Å². The van der Waals surface area contributed by atoms with Crippen LogP contribution < -0.4 is 10.6 Å². The minimum absolute atomic E-state index is 0.162. The highest BCUT2D eigenvalue weighted by Crippen LogP contribution is 2.31. The summed E-state index contributed by atoms with van der Waals surface area (Å²) in [5.41, 5.74) is 9.19. The van der Waals surface area contributed by atoms with Gasteiger partial charge in [0, 0.05) is 30.4 Å². The number of aliphatic hydroxyl groups is 1. The third-order valence-electron chi connectivity index (χ3n) is 3.79. The number of nitrogens with zero attached hydrogens (tertiary/aromatic N) is 2. The van der Waals surface area contributed by atoms with Gasteiger partial charge in [0.15, 0.2) is 0 Å². The Kier molecular flexibility index (Phi) is 4.19. The largest absolute Gasteiger partial charge is 0.395 e. The van der Waals surface area contributed by atoms with Crippen LogP contribution >= 0.6 is 0 Å². The number of hydrogen-bond donors (Lipinski definition) is 2. The number of rotatable bonds is 5. The van der Waals surface area contributed by atoms with Crippen molar-refractivity contribution in [3.05, 3.63) is 22.9 Å². The summed E-state index contributed by atoms with van der Waals surface area (Å²) in [6.07, 6.45) is 3.66. The lowest BCUT2D eigenvalue weighted by Gasteiger charge is -2.39. The number of hydrogen-bond acceptors (Lipinski definition) is 4. The molecule has 2 rings (SSSR count). The summed E-state index contributed by atoms with van der Waals surface area (Å²) in [4.78, 5) is 6.90. The Balaban J connectivity index is 2.38. The van der Waals surface area contributed by atoms with Crippen LogP contribution in [0, 0.1) is 13.8 Å². The van der Waals surface area contributed by atoms with Crippen molar-refractivity contribution in [2.45, 2.75) is 45.7 Å². The second kappa shape index (κ2) is 5.67. The van der Waals surface area contributed by atoms with E-state index in [0.717, 1.165) is 17.1 Å². The van der Waals surface area contributed by atoms with Crippen LogP contribution in [-0.4, -0.2) is 29.3 Å². The summed E-state index contributed by atoms with van der Waals surface area (Å²) < 4.78 is 0. The molecule has 0 radical (unpaired) electrons. The molecule has 18 heavy (non-hydrogen) atoms. The molecule has 1 aliphatic rings. The summed E-state index contributed by atoms with van der Waals surface area (Å²) in [6.45, 7) is 5.40. The molecule has 0 atom stereocenters. The number of aliphatic hydroxyl groups excluding tert-OH is 1. The maximum atomic E-state index is 9.27. The van der Waals surface area contributed by atoms with Crippen LogP contribution in [0.1, 0.15) is 36.1 Å². The van der Waals surface area contributed by atoms with Crippen molar-refractivity contribution in [3.63, 3.8) is 0 Å². The van der Waals surface area contributed by atoms with Crippen LogP contribution in [0.25, 0.3) is 0 Å². The zero-order chi connectivity index (χ0) is 13.1. The molecule has 4 nitrogen and oxygen atoms in total. The lowest BCUT2D eigenvalue weighted by molar-refractivity contribution is 0.282. The van der Waals surface area contributed by atoms with Crippen LogP contribution in [0.5, 0.6) is 0 Å². The van der Waals surface area contributed by atoms with E-state index >= 15 is 0 Å². The van der Waals surface area contributed by atoms with E-state index in [1.165, 1.54) is 24.8 Å². The molecule has 4 heteroatoms. The van der Waals surface area contributed by atoms with Gasteiger partial charge in [0.2, 0.25) is 0 Å². The lowest BCUT2D eigenvalue weighted by Crippen LogP contribution is -2.43. The van der Waals surface area contributed by atoms with E-state index in [2.05, 4.69) is 22.9 Å². The van der Waals surface area contributed by atoms with Crippen LogP contribution in [0.2, 0.25) is 0 Å². The Bertz CT molecular complexity index is 416. The van der Waals surface area contributed by atoms with Gasteiger partial charge in [0.1, 0.15) is 5.82 Å². The molecule has 0 saturated heterocycles. The summed E-state index contributed by atoms with van der Waals surface area (Å²) in [7, 11) is 0. The molecule has 0 aromatic carbocycles. The van der Waals surface area contributed by atoms with E-state index in [9.17, 15) is 5.11 Å². The fourth-order valence-corrected chi connectivity index (χ4v) is 2.60. The zero-order valence-electron chi connectivity index (χ0n) is 11.3. The molecule has 0 amide bonds. The molecule has 0 aliphatic heterocycles. The first-order valence-electron chi connectivity index (χ1n) is 6.72. The van der Waals surface area contributed by atoms with Crippen molar-refractivity contribution in [1.29, 1.82) is 0 Å². The topological polar surface area (TPSA) is 62.4 Å². The SMILES string of the molecule is Cc1cc(C)c(CN)c(N(CCO)C2CCC2)n1. The highest BCUT2D eigenvalue weighted by molar-refractivity contribution is 5.52. The first-order valence-corrected chi connectivity index (χ1v) is 6.72. The van der Waals surface area contributed by atoms with Crippen LogP contribution in [0.3, 0.4) is 0 Å². The molecule has 1 saturated carbocycles. The molecule has 3 N–H and O–H groups in total. The van der Waals surface area contributed by atoms with E-state index in [1.54, 1.807) is 0 Å². The smallest absolute Gasteiger partial charge is 0.133 e. The maximum Gasteiger partial charge on any atom is 0.133 e. The Morgan fingerprint density at radius 2 is 2.17 bits per heavy atom. The first-order chi connectivity index (χ1) is 8.67. The molecule has 0 spiro atoms. The zero-order valence-corrected chi connectivity index (χ0v) is 11.3. The minimum atomic E-state index is 0.162. The third-order valence-corrected chi connectivity index (χ3v) is 3.79. The van der Waals surface area contributed by atoms with E-state index < -0.39 is 0 Å². The fourth-order valence-electron chi connectivity index (χ4n) is 2.60. The van der Waals surface area contributed by atoms with Gasteiger partial charge in [0.05, 0.1) is 6.61 Å². The van der Waals surface area contributed by atoms with E-state index in [-0.39, 0.29) is 6.61 Å². The second-order valence-electron chi connectivity index (χ2n) is 5.09. The average Bonchev–Trinajstić information content (AvgIpc) is 2.25. The Hall–Kier alpha value is -1.13. The Morgan fingerprint density at radius 3 is 2.67 bits per heavy atom. The lowest BCUT2D eigenvalue weighted by atomic mass is 9.91. The monoisotopic (exact) mass is 249 g/mol. The number of aryl methyl sites for hydroxylation is 2. The number of nitrogens with two attached hydrogens (primary N) is 1. The van der Waals surface area contributed by atoms with E-state index in [1.807, 2.05) is 6.92 Å². The van der Waals surface area contributed by atoms with Gasteiger partial charge in [-0.15, -0.1) is 0 Å². The first kappa shape index (κ1) is 13.3. The van der Waals surface area contributed by atoms with Crippen molar-refractivity contribution in [1.82, 2.24) is 4.98 Å².